The quantitative estimate of drug-likeness (QED) is 0.688. The second kappa shape index (κ2) is 3.03. The van der Waals surface area contributed by atoms with Gasteiger partial charge in [0.25, 0.3) is 0 Å². The third-order valence-electron chi connectivity index (χ3n) is 5.63. The van der Waals surface area contributed by atoms with Gasteiger partial charge in [0, 0.05) is 5.50 Å². The molecule has 2 heteroatoms. The summed E-state index contributed by atoms with van der Waals surface area (Å²) in [6, 6.07) is 0. The van der Waals surface area contributed by atoms with Gasteiger partial charge in [-0.15, -0.1) is 0 Å². The summed E-state index contributed by atoms with van der Waals surface area (Å²) in [7, 11) is 5.75. The van der Waals surface area contributed by atoms with Crippen molar-refractivity contribution in [3.63, 3.8) is 0 Å². The Morgan fingerprint density at radius 2 is 2.00 bits per heavy atom. The molecule has 0 aromatic heterocycles. The lowest BCUT2D eigenvalue weighted by Crippen LogP contribution is -2.37. The molecule has 0 saturated heterocycles. The molecule has 2 aliphatic carbocycles. The van der Waals surface area contributed by atoms with Crippen LogP contribution in [0.25, 0.3) is 0 Å². The Morgan fingerprint density at radius 3 is 2.33 bits per heavy atom. The van der Waals surface area contributed by atoms with Crippen molar-refractivity contribution < 1.29 is 5.11 Å². The lowest BCUT2D eigenvalue weighted by molar-refractivity contribution is 0.0454. The van der Waals surface area contributed by atoms with Gasteiger partial charge in [-0.1, -0.05) is 20.8 Å². The molecule has 0 aromatic rings. The van der Waals surface area contributed by atoms with Crippen molar-refractivity contribution in [1.29, 1.82) is 0 Å². The van der Waals surface area contributed by atoms with Crippen LogP contribution in [0.3, 0.4) is 0 Å². The molecule has 15 heavy (non-hydrogen) atoms. The van der Waals surface area contributed by atoms with Gasteiger partial charge in [0.05, 0.1) is 0 Å². The Kier molecular flexibility index (Phi) is 2.32. The first kappa shape index (κ1) is 11.5. The topological polar surface area (TPSA) is 20.2 Å². The van der Waals surface area contributed by atoms with Crippen LogP contribution in [0.4, 0.5) is 0 Å². The normalized spacial score (nSPS) is 46.7. The van der Waals surface area contributed by atoms with E-state index in [9.17, 15) is 5.11 Å². The van der Waals surface area contributed by atoms with Crippen LogP contribution in [0, 0.1) is 22.7 Å². The van der Waals surface area contributed by atoms with Gasteiger partial charge in [0.2, 0.25) is 0 Å². The second-order valence-electron chi connectivity index (χ2n) is 6.87. The van der Waals surface area contributed by atoms with E-state index in [4.69, 9.17) is 7.85 Å². The average molecular weight is 206 g/mol. The van der Waals surface area contributed by atoms with Gasteiger partial charge >= 0.3 is 0 Å². The molecule has 0 amide bonds. The second-order valence-corrected chi connectivity index (χ2v) is 6.87. The summed E-state index contributed by atoms with van der Waals surface area (Å²) in [6.07, 6.45) is 4.69. The van der Waals surface area contributed by atoms with Gasteiger partial charge < -0.3 is 5.11 Å². The first-order chi connectivity index (χ1) is 6.67. The third kappa shape index (κ3) is 1.56. The van der Waals surface area contributed by atoms with Crippen molar-refractivity contribution in [2.75, 3.05) is 0 Å². The zero-order valence-corrected chi connectivity index (χ0v) is 10.5. The fourth-order valence-corrected chi connectivity index (χ4v) is 4.18. The fourth-order valence-electron chi connectivity index (χ4n) is 4.18. The van der Waals surface area contributed by atoms with Crippen LogP contribution in [0.2, 0.25) is 0 Å². The molecule has 0 aromatic carbocycles. The monoisotopic (exact) mass is 206 g/mol. The highest BCUT2D eigenvalue weighted by molar-refractivity contribution is 6.13. The van der Waals surface area contributed by atoms with E-state index < -0.39 is 5.50 Å². The van der Waals surface area contributed by atoms with Crippen molar-refractivity contribution in [3.05, 3.63) is 0 Å². The standard InChI is InChI=1S/C13H23BO/c1-11(2)9-5-6-12(11,3)10(7-9)8-13(4,14)15/h9-10,15H,5-8H2,1-4H3. The first-order valence-electron chi connectivity index (χ1n) is 6.18. The van der Waals surface area contributed by atoms with Gasteiger partial charge in [0.15, 0.2) is 0 Å². The van der Waals surface area contributed by atoms with Crippen molar-refractivity contribution in [2.45, 2.75) is 58.9 Å². The molecule has 2 fully saturated rings. The Labute approximate surface area is 95.1 Å². The lowest BCUT2D eigenvalue weighted by Gasteiger charge is -2.41. The number of rotatable bonds is 2. The summed E-state index contributed by atoms with van der Waals surface area (Å²) < 4.78 is 0. The Hall–Kier alpha value is 0.0249. The van der Waals surface area contributed by atoms with Crippen LogP contribution in [-0.2, 0) is 0 Å². The minimum atomic E-state index is -0.992. The van der Waals surface area contributed by atoms with Crippen LogP contribution < -0.4 is 0 Å². The van der Waals surface area contributed by atoms with E-state index in [1.54, 1.807) is 6.92 Å². The van der Waals surface area contributed by atoms with E-state index in [0.29, 0.717) is 16.7 Å². The highest BCUT2D eigenvalue weighted by Gasteiger charge is 2.61. The molecule has 4 unspecified atom stereocenters. The number of aliphatic hydroxyl groups is 1. The van der Waals surface area contributed by atoms with E-state index >= 15 is 0 Å². The van der Waals surface area contributed by atoms with E-state index in [1.807, 2.05) is 0 Å². The zero-order chi connectivity index (χ0) is 11.5. The SMILES string of the molecule is [B]C(C)(O)CC1CC2CCC1(C)C2(C)C. The third-order valence-corrected chi connectivity index (χ3v) is 5.63. The molecule has 4 atom stereocenters. The predicted octanol–water partition coefficient (Wildman–Crippen LogP) is 2.72. The molecule has 0 spiro atoms. The number of hydrogen-bond acceptors (Lipinski definition) is 1. The average Bonchev–Trinajstić information content (AvgIpc) is 2.34. The molecule has 1 N–H and O–H groups in total. The molecular formula is C13H23BO. The van der Waals surface area contributed by atoms with Gasteiger partial charge in [0.1, 0.15) is 7.85 Å². The minimum absolute atomic E-state index is 0.390. The maximum atomic E-state index is 9.77. The molecule has 0 heterocycles. The molecule has 2 rings (SSSR count). The Balaban J connectivity index is 2.19. The van der Waals surface area contributed by atoms with Gasteiger partial charge in [-0.3, -0.25) is 0 Å². The summed E-state index contributed by atoms with van der Waals surface area (Å²) >= 11 is 0. The Morgan fingerprint density at radius 1 is 1.40 bits per heavy atom. The van der Waals surface area contributed by atoms with Gasteiger partial charge in [-0.05, 0) is 55.3 Å². The number of hydrogen-bond donors (Lipinski definition) is 1. The minimum Gasteiger partial charge on any atom is -0.400 e. The Bertz CT molecular complexity index is 266. The molecule has 84 valence electrons. The van der Waals surface area contributed by atoms with Crippen molar-refractivity contribution in [1.82, 2.24) is 0 Å². The maximum Gasteiger partial charge on any atom is 0.112 e. The summed E-state index contributed by atoms with van der Waals surface area (Å²) in [5.41, 5.74) is -0.168. The van der Waals surface area contributed by atoms with E-state index in [-0.39, 0.29) is 0 Å². The van der Waals surface area contributed by atoms with Crippen LogP contribution in [0.5, 0.6) is 0 Å². The summed E-state index contributed by atoms with van der Waals surface area (Å²) in [6.45, 7) is 8.93. The smallest absolute Gasteiger partial charge is 0.112 e. The molecule has 1 nitrogen and oxygen atoms in total. The fraction of sp³-hybridized carbons (Fsp3) is 1.00. The maximum absolute atomic E-state index is 9.77. The molecule has 2 bridgehead atoms. The largest absolute Gasteiger partial charge is 0.400 e. The van der Waals surface area contributed by atoms with Gasteiger partial charge in [-0.2, -0.15) is 0 Å². The van der Waals surface area contributed by atoms with Crippen molar-refractivity contribution in [3.8, 4) is 0 Å². The summed E-state index contributed by atoms with van der Waals surface area (Å²) in [4.78, 5) is 0. The van der Waals surface area contributed by atoms with E-state index in [2.05, 4.69) is 20.8 Å². The highest BCUT2D eigenvalue weighted by atomic mass is 16.3. The zero-order valence-electron chi connectivity index (χ0n) is 10.5. The van der Waals surface area contributed by atoms with Crippen LogP contribution in [0.1, 0.15) is 53.4 Å². The predicted molar refractivity (Wildman–Crippen MR) is 63.7 cm³/mol. The highest BCUT2D eigenvalue weighted by Crippen LogP contribution is 2.69. The summed E-state index contributed by atoms with van der Waals surface area (Å²) in [5, 5.41) is 9.77. The molecule has 2 saturated carbocycles. The van der Waals surface area contributed by atoms with Crippen molar-refractivity contribution >= 4 is 7.85 Å². The van der Waals surface area contributed by atoms with Crippen LogP contribution in [0.15, 0.2) is 0 Å². The number of fused-ring (bicyclic) bond motifs is 2. The van der Waals surface area contributed by atoms with E-state index in [0.717, 1.165) is 12.3 Å². The van der Waals surface area contributed by atoms with Crippen molar-refractivity contribution in [2.24, 2.45) is 22.7 Å². The molecule has 2 aliphatic rings. The van der Waals surface area contributed by atoms with E-state index in [1.165, 1.54) is 19.3 Å². The van der Waals surface area contributed by atoms with Crippen LogP contribution in [-0.4, -0.2) is 18.5 Å². The molecular weight excluding hydrogens is 183 g/mol. The summed E-state index contributed by atoms with van der Waals surface area (Å²) in [5.74, 6) is 1.45. The molecule has 2 radical (unpaired) electrons. The lowest BCUT2D eigenvalue weighted by atomic mass is 9.62. The first-order valence-corrected chi connectivity index (χ1v) is 6.18. The molecule has 0 aliphatic heterocycles. The van der Waals surface area contributed by atoms with Crippen LogP contribution >= 0.6 is 0 Å². The van der Waals surface area contributed by atoms with Gasteiger partial charge in [-0.25, -0.2) is 0 Å².